The monoisotopic (exact) mass is 546 g/mol. The van der Waals surface area contributed by atoms with E-state index in [0.29, 0.717) is 16.7 Å². The number of amides is 1. The van der Waals surface area contributed by atoms with Crippen molar-refractivity contribution in [3.63, 3.8) is 0 Å². The van der Waals surface area contributed by atoms with Gasteiger partial charge in [0.1, 0.15) is 0 Å². The molecule has 1 N–H and O–H groups in total. The van der Waals surface area contributed by atoms with Crippen LogP contribution in [0.5, 0.6) is 0 Å². The van der Waals surface area contributed by atoms with E-state index in [1.165, 1.54) is 103 Å². The average molecular weight is 546 g/mol. The maximum Gasteiger partial charge on any atom is 0.219 e. The fourth-order valence-electron chi connectivity index (χ4n) is 10.3. The van der Waals surface area contributed by atoms with Crippen LogP contribution in [0, 0.1) is 40.4 Å². The number of nitrogens with one attached hydrogen (secondary N) is 1. The number of rotatable bonds is 13. The fraction of sp³-hybridized carbons (Fsp3) is 0.972. The fourth-order valence-corrected chi connectivity index (χ4v) is 10.3. The number of carbonyl (C=O) groups excluding carboxylic acids is 1. The van der Waals surface area contributed by atoms with E-state index >= 15 is 0 Å². The second kappa shape index (κ2) is 15.1. The summed E-state index contributed by atoms with van der Waals surface area (Å²) in [5.41, 5.74) is 1.21. The third kappa shape index (κ3) is 8.04. The second-order valence-corrected chi connectivity index (χ2v) is 15.3. The molecule has 3 heteroatoms. The lowest BCUT2D eigenvalue weighted by Gasteiger charge is -2.60. The molecular formula is C36H69N2O+. The predicted molar refractivity (Wildman–Crippen MR) is 169 cm³/mol. The SMILES string of the molecule is CC.CCCCCC[N+](C)(C)CCCNC(=O)CCCC1CCC2C3CCC4CCCCC4(C)C3CCC12C. The Morgan fingerprint density at radius 2 is 1.54 bits per heavy atom. The molecule has 7 atom stereocenters. The number of nitrogens with zero attached hydrogens (tertiary/aromatic N) is 1. The molecule has 0 saturated heterocycles. The molecule has 7 unspecified atom stereocenters. The van der Waals surface area contributed by atoms with E-state index in [1.807, 2.05) is 13.8 Å². The van der Waals surface area contributed by atoms with E-state index < -0.39 is 0 Å². The van der Waals surface area contributed by atoms with Crippen molar-refractivity contribution in [1.82, 2.24) is 5.32 Å². The van der Waals surface area contributed by atoms with Gasteiger partial charge in [-0.1, -0.05) is 60.3 Å². The van der Waals surface area contributed by atoms with Crippen molar-refractivity contribution in [3.05, 3.63) is 0 Å². The van der Waals surface area contributed by atoms with Crippen molar-refractivity contribution in [2.24, 2.45) is 40.4 Å². The van der Waals surface area contributed by atoms with Gasteiger partial charge in [-0.25, -0.2) is 0 Å². The van der Waals surface area contributed by atoms with E-state index in [1.54, 1.807) is 0 Å². The quantitative estimate of drug-likeness (QED) is 0.181. The molecule has 228 valence electrons. The molecule has 4 aliphatic carbocycles. The first-order chi connectivity index (χ1) is 18.7. The maximum atomic E-state index is 12.6. The Bertz CT molecular complexity index is 734. The number of hydrogen-bond acceptors (Lipinski definition) is 1. The molecule has 0 spiro atoms. The molecule has 0 aromatic rings. The Hall–Kier alpha value is -0.570. The minimum atomic E-state index is 0.292. The summed E-state index contributed by atoms with van der Waals surface area (Å²) >= 11 is 0. The summed E-state index contributed by atoms with van der Waals surface area (Å²) in [5, 5.41) is 3.24. The normalized spacial score (nSPS) is 35.7. The molecule has 4 aliphatic rings. The molecule has 1 amide bonds. The first-order valence-electron chi connectivity index (χ1n) is 17.8. The van der Waals surface area contributed by atoms with Gasteiger partial charge in [-0.3, -0.25) is 4.79 Å². The molecule has 0 bridgehead atoms. The van der Waals surface area contributed by atoms with E-state index in [-0.39, 0.29) is 0 Å². The highest BCUT2D eigenvalue weighted by Crippen LogP contribution is 2.67. The molecule has 0 aliphatic heterocycles. The van der Waals surface area contributed by atoms with Crippen molar-refractivity contribution in [2.45, 2.75) is 150 Å². The zero-order valence-corrected chi connectivity index (χ0v) is 27.6. The Morgan fingerprint density at radius 3 is 2.31 bits per heavy atom. The van der Waals surface area contributed by atoms with Gasteiger partial charge >= 0.3 is 0 Å². The van der Waals surface area contributed by atoms with E-state index in [0.717, 1.165) is 66.4 Å². The number of unbranched alkanes of at least 4 members (excludes halogenated alkanes) is 3. The van der Waals surface area contributed by atoms with Gasteiger partial charge in [-0.15, -0.1) is 0 Å². The lowest BCUT2D eigenvalue weighted by molar-refractivity contribution is -0.890. The van der Waals surface area contributed by atoms with Crippen LogP contribution in [0.1, 0.15) is 150 Å². The second-order valence-electron chi connectivity index (χ2n) is 15.3. The smallest absolute Gasteiger partial charge is 0.219 e. The first-order valence-corrected chi connectivity index (χ1v) is 17.8. The van der Waals surface area contributed by atoms with E-state index in [9.17, 15) is 4.79 Å². The van der Waals surface area contributed by atoms with Crippen molar-refractivity contribution < 1.29 is 9.28 Å². The van der Waals surface area contributed by atoms with Crippen LogP contribution in [0.4, 0.5) is 0 Å². The van der Waals surface area contributed by atoms with Gasteiger partial charge < -0.3 is 9.80 Å². The van der Waals surface area contributed by atoms with Gasteiger partial charge in [-0.05, 0) is 117 Å². The molecule has 4 rings (SSSR count). The molecule has 0 heterocycles. The van der Waals surface area contributed by atoms with Crippen LogP contribution in [0.15, 0.2) is 0 Å². The van der Waals surface area contributed by atoms with Crippen molar-refractivity contribution in [2.75, 3.05) is 33.7 Å². The van der Waals surface area contributed by atoms with Crippen molar-refractivity contribution in [3.8, 4) is 0 Å². The van der Waals surface area contributed by atoms with Crippen LogP contribution >= 0.6 is 0 Å². The first kappa shape index (κ1) is 32.9. The Morgan fingerprint density at radius 1 is 0.795 bits per heavy atom. The Balaban J connectivity index is 0.00000205. The molecule has 4 fully saturated rings. The van der Waals surface area contributed by atoms with Crippen LogP contribution in [-0.2, 0) is 4.79 Å². The van der Waals surface area contributed by atoms with Crippen LogP contribution in [0.2, 0.25) is 0 Å². The topological polar surface area (TPSA) is 29.1 Å². The highest BCUT2D eigenvalue weighted by Gasteiger charge is 2.59. The molecule has 0 radical (unpaired) electrons. The highest BCUT2D eigenvalue weighted by molar-refractivity contribution is 5.75. The van der Waals surface area contributed by atoms with Crippen LogP contribution in [0.3, 0.4) is 0 Å². The third-order valence-corrected chi connectivity index (χ3v) is 12.6. The van der Waals surface area contributed by atoms with Gasteiger partial charge in [0.15, 0.2) is 0 Å². The summed E-state index contributed by atoms with van der Waals surface area (Å²) in [5.74, 6) is 5.15. The third-order valence-electron chi connectivity index (χ3n) is 12.6. The summed E-state index contributed by atoms with van der Waals surface area (Å²) < 4.78 is 1.09. The summed E-state index contributed by atoms with van der Waals surface area (Å²) in [6.45, 7) is 14.9. The number of quaternary nitrogens is 1. The maximum absolute atomic E-state index is 12.6. The minimum Gasteiger partial charge on any atom is -0.356 e. The largest absolute Gasteiger partial charge is 0.356 e. The molecular weight excluding hydrogens is 476 g/mol. The summed E-state index contributed by atoms with van der Waals surface area (Å²) in [6, 6.07) is 0. The summed E-state index contributed by atoms with van der Waals surface area (Å²) in [7, 11) is 4.69. The van der Waals surface area contributed by atoms with Gasteiger partial charge in [-0.2, -0.15) is 0 Å². The number of hydrogen-bond donors (Lipinski definition) is 1. The lowest BCUT2D eigenvalue weighted by Crippen LogP contribution is -2.52. The minimum absolute atomic E-state index is 0.292. The van der Waals surface area contributed by atoms with Crippen molar-refractivity contribution in [1.29, 1.82) is 0 Å². The molecule has 4 saturated carbocycles. The molecule has 39 heavy (non-hydrogen) atoms. The van der Waals surface area contributed by atoms with E-state index in [2.05, 4.69) is 40.2 Å². The summed E-state index contributed by atoms with van der Waals surface area (Å²) in [4.78, 5) is 12.6. The standard InChI is InChI=1S/C34H62N2O.C2H6/c1-6-7-8-11-25-36(4,5)26-13-24-35-32(37)16-12-15-28-18-20-30-29-19-17-27-14-9-10-22-33(27,2)31(29)21-23-34(28,30)3;1-2/h27-31H,6-26H2,1-5H3;1-2H3/p+1. The lowest BCUT2D eigenvalue weighted by atomic mass is 9.45. The Kier molecular flexibility index (Phi) is 12.7. The zero-order chi connectivity index (χ0) is 28.5. The number of fused-ring (bicyclic) bond motifs is 5. The van der Waals surface area contributed by atoms with Gasteiger partial charge in [0, 0.05) is 19.4 Å². The van der Waals surface area contributed by atoms with Crippen molar-refractivity contribution >= 4 is 5.91 Å². The van der Waals surface area contributed by atoms with Crippen LogP contribution in [-0.4, -0.2) is 44.1 Å². The van der Waals surface area contributed by atoms with Gasteiger partial charge in [0.2, 0.25) is 5.91 Å². The zero-order valence-electron chi connectivity index (χ0n) is 27.6. The van der Waals surface area contributed by atoms with Crippen LogP contribution < -0.4 is 5.32 Å². The van der Waals surface area contributed by atoms with Gasteiger partial charge in [0.25, 0.3) is 0 Å². The molecule has 3 nitrogen and oxygen atoms in total. The molecule has 0 aromatic heterocycles. The predicted octanol–water partition coefficient (Wildman–Crippen LogP) is 9.39. The van der Waals surface area contributed by atoms with Crippen LogP contribution in [0.25, 0.3) is 0 Å². The average Bonchev–Trinajstić information content (AvgIpc) is 3.26. The Labute approximate surface area is 244 Å². The highest BCUT2D eigenvalue weighted by atomic mass is 16.1. The summed E-state index contributed by atoms with van der Waals surface area (Å²) in [6.07, 6.45) is 24.4. The number of carbonyl (C=O) groups is 1. The van der Waals surface area contributed by atoms with Gasteiger partial charge in [0.05, 0.1) is 27.2 Å². The van der Waals surface area contributed by atoms with E-state index in [4.69, 9.17) is 0 Å². The molecule has 0 aromatic carbocycles.